The minimum Gasteiger partial charge on any atom is -0.375 e. The number of pyridine rings is 1. The molecule has 1 aromatic heterocycles. The Balaban J connectivity index is 1.46. The molecule has 0 unspecified atom stereocenters. The Kier molecular flexibility index (Phi) is 5.27. The molecule has 2 aliphatic rings. The van der Waals surface area contributed by atoms with E-state index in [9.17, 15) is 16.8 Å². The van der Waals surface area contributed by atoms with Crippen molar-refractivity contribution in [2.75, 3.05) is 25.4 Å². The van der Waals surface area contributed by atoms with Crippen molar-refractivity contribution in [2.24, 2.45) is 5.92 Å². The summed E-state index contributed by atoms with van der Waals surface area (Å²) in [7, 11) is -7.08. The van der Waals surface area contributed by atoms with Gasteiger partial charge in [-0.2, -0.15) is 4.31 Å². The van der Waals surface area contributed by atoms with Gasteiger partial charge in [0.15, 0.2) is 9.84 Å². The SMILES string of the molecule is Cc1ccc(S(=O)(=O)N2CC3(C2)[C@H](COCc2ccccn2)CCS3(=O)=O)cc1. The van der Waals surface area contributed by atoms with E-state index in [1.54, 1.807) is 30.5 Å². The third-order valence-electron chi connectivity index (χ3n) is 5.94. The van der Waals surface area contributed by atoms with Crippen LogP contribution in [0.3, 0.4) is 0 Å². The monoisotopic (exact) mass is 436 g/mol. The average Bonchev–Trinajstić information content (AvgIpc) is 2.92. The van der Waals surface area contributed by atoms with Crippen molar-refractivity contribution in [3.8, 4) is 0 Å². The molecule has 2 aromatic rings. The van der Waals surface area contributed by atoms with E-state index in [0.29, 0.717) is 13.0 Å². The minimum absolute atomic E-state index is 0.0108. The normalized spacial score (nSPS) is 23.1. The number of nitrogens with zero attached hydrogens (tertiary/aromatic N) is 2. The van der Waals surface area contributed by atoms with Gasteiger partial charge in [-0.25, -0.2) is 16.8 Å². The molecule has 1 spiro atoms. The molecule has 4 rings (SSSR count). The highest BCUT2D eigenvalue weighted by atomic mass is 32.2. The Hall–Kier alpha value is -1.81. The molecule has 156 valence electrons. The summed E-state index contributed by atoms with van der Waals surface area (Å²) in [6, 6.07) is 12.1. The fourth-order valence-corrected chi connectivity index (χ4v) is 8.22. The lowest BCUT2D eigenvalue weighted by atomic mass is 9.85. The van der Waals surface area contributed by atoms with Crippen molar-refractivity contribution < 1.29 is 21.6 Å². The zero-order valence-corrected chi connectivity index (χ0v) is 17.8. The first kappa shape index (κ1) is 20.5. The van der Waals surface area contributed by atoms with Gasteiger partial charge in [0.2, 0.25) is 10.0 Å². The van der Waals surface area contributed by atoms with E-state index >= 15 is 0 Å². The third-order valence-corrected chi connectivity index (χ3v) is 10.3. The molecule has 0 radical (unpaired) electrons. The molecular formula is C20H24N2O5S2. The van der Waals surface area contributed by atoms with Crippen LogP contribution in [-0.2, 0) is 31.2 Å². The molecule has 0 saturated carbocycles. The van der Waals surface area contributed by atoms with Crippen LogP contribution in [0.5, 0.6) is 0 Å². The topological polar surface area (TPSA) is 93.6 Å². The number of hydrogen-bond acceptors (Lipinski definition) is 6. The molecule has 0 bridgehead atoms. The predicted octanol–water partition coefficient (Wildman–Crippen LogP) is 1.78. The van der Waals surface area contributed by atoms with E-state index in [0.717, 1.165) is 11.3 Å². The van der Waals surface area contributed by atoms with Crippen molar-refractivity contribution in [2.45, 2.75) is 29.6 Å². The first-order valence-electron chi connectivity index (χ1n) is 9.51. The van der Waals surface area contributed by atoms with Gasteiger partial charge in [0.25, 0.3) is 0 Å². The van der Waals surface area contributed by atoms with Crippen LogP contribution in [-0.4, -0.2) is 56.3 Å². The van der Waals surface area contributed by atoms with E-state index in [1.807, 2.05) is 25.1 Å². The summed E-state index contributed by atoms with van der Waals surface area (Å²) in [5.74, 6) is -0.149. The van der Waals surface area contributed by atoms with Gasteiger partial charge in [-0.1, -0.05) is 23.8 Å². The van der Waals surface area contributed by atoms with Gasteiger partial charge >= 0.3 is 0 Å². The lowest BCUT2D eigenvalue weighted by Crippen LogP contribution is -2.68. The van der Waals surface area contributed by atoms with Crippen LogP contribution in [0.15, 0.2) is 53.6 Å². The van der Waals surface area contributed by atoms with Gasteiger partial charge in [0.05, 0.1) is 29.6 Å². The van der Waals surface area contributed by atoms with Gasteiger partial charge in [-0.3, -0.25) is 4.98 Å². The quantitative estimate of drug-likeness (QED) is 0.685. The average molecular weight is 437 g/mol. The van der Waals surface area contributed by atoms with Gasteiger partial charge in [-0.05, 0) is 37.6 Å². The number of sulfone groups is 1. The third kappa shape index (κ3) is 3.61. The van der Waals surface area contributed by atoms with E-state index in [2.05, 4.69) is 4.98 Å². The van der Waals surface area contributed by atoms with Crippen molar-refractivity contribution >= 4 is 19.9 Å². The second-order valence-electron chi connectivity index (χ2n) is 7.79. The van der Waals surface area contributed by atoms with Crippen LogP contribution < -0.4 is 0 Å². The maximum Gasteiger partial charge on any atom is 0.243 e. The zero-order chi connectivity index (χ0) is 20.7. The van der Waals surface area contributed by atoms with Gasteiger partial charge in [0.1, 0.15) is 4.75 Å². The highest BCUT2D eigenvalue weighted by Gasteiger charge is 2.63. The molecule has 7 nitrogen and oxygen atoms in total. The number of ether oxygens (including phenoxy) is 1. The van der Waals surface area contributed by atoms with Gasteiger partial charge < -0.3 is 4.74 Å². The van der Waals surface area contributed by atoms with Crippen molar-refractivity contribution in [1.82, 2.24) is 9.29 Å². The molecule has 9 heteroatoms. The number of aromatic nitrogens is 1. The molecule has 2 aliphatic heterocycles. The van der Waals surface area contributed by atoms with Crippen LogP contribution in [0.25, 0.3) is 0 Å². The number of rotatable bonds is 6. The molecule has 3 heterocycles. The molecule has 1 atom stereocenters. The summed E-state index contributed by atoms with van der Waals surface area (Å²) in [4.78, 5) is 4.39. The van der Waals surface area contributed by atoms with Crippen molar-refractivity contribution in [3.05, 3.63) is 59.9 Å². The molecule has 29 heavy (non-hydrogen) atoms. The summed E-state index contributed by atoms with van der Waals surface area (Å²) < 4.78 is 57.3. The highest BCUT2D eigenvalue weighted by molar-refractivity contribution is 7.93. The number of hydrogen-bond donors (Lipinski definition) is 0. The maximum absolute atomic E-state index is 12.9. The van der Waals surface area contributed by atoms with Crippen molar-refractivity contribution in [1.29, 1.82) is 0 Å². The van der Waals surface area contributed by atoms with Gasteiger partial charge in [0, 0.05) is 25.2 Å². The molecule has 0 aliphatic carbocycles. The molecule has 1 aromatic carbocycles. The van der Waals surface area contributed by atoms with Crippen LogP contribution in [0, 0.1) is 12.8 Å². The fraction of sp³-hybridized carbons (Fsp3) is 0.450. The highest BCUT2D eigenvalue weighted by Crippen LogP contribution is 2.46. The molecule has 0 amide bonds. The van der Waals surface area contributed by atoms with E-state index in [1.165, 1.54) is 4.31 Å². The fourth-order valence-electron chi connectivity index (χ4n) is 4.08. The van der Waals surface area contributed by atoms with E-state index in [-0.39, 0.29) is 36.3 Å². The molecule has 2 saturated heterocycles. The second kappa shape index (κ2) is 7.46. The predicted molar refractivity (Wildman–Crippen MR) is 108 cm³/mol. The standard InChI is InChI=1S/C20H24N2O5S2/c1-16-5-7-19(8-6-16)29(25,26)22-14-20(15-22)17(9-11-28(20,23)24)12-27-13-18-4-2-3-10-21-18/h2-8,10,17H,9,11-15H2,1H3/t17-/m0/s1. The van der Waals surface area contributed by atoms with Crippen LogP contribution >= 0.6 is 0 Å². The first-order valence-corrected chi connectivity index (χ1v) is 12.6. The molecule has 2 fully saturated rings. The first-order chi connectivity index (χ1) is 13.7. The summed E-state index contributed by atoms with van der Waals surface area (Å²) in [5, 5.41) is 0. The lowest BCUT2D eigenvalue weighted by molar-refractivity contribution is 0.0472. The summed E-state index contributed by atoms with van der Waals surface area (Å²) >= 11 is 0. The lowest BCUT2D eigenvalue weighted by Gasteiger charge is -2.48. The largest absolute Gasteiger partial charge is 0.375 e. The molecular weight excluding hydrogens is 412 g/mol. The maximum atomic E-state index is 12.9. The van der Waals surface area contributed by atoms with E-state index in [4.69, 9.17) is 4.74 Å². The second-order valence-corrected chi connectivity index (χ2v) is 12.2. The summed E-state index contributed by atoms with van der Waals surface area (Å²) in [6.07, 6.45) is 2.17. The Morgan fingerprint density at radius 1 is 1.17 bits per heavy atom. The Morgan fingerprint density at radius 2 is 1.90 bits per heavy atom. The number of benzene rings is 1. The summed E-state index contributed by atoms with van der Waals surface area (Å²) in [6.45, 7) is 2.44. The summed E-state index contributed by atoms with van der Waals surface area (Å²) in [5.41, 5.74) is 1.74. The zero-order valence-electron chi connectivity index (χ0n) is 16.2. The van der Waals surface area contributed by atoms with Crippen LogP contribution in [0.1, 0.15) is 17.7 Å². The van der Waals surface area contributed by atoms with Crippen LogP contribution in [0.4, 0.5) is 0 Å². The van der Waals surface area contributed by atoms with Gasteiger partial charge in [-0.15, -0.1) is 0 Å². The van der Waals surface area contributed by atoms with Crippen molar-refractivity contribution in [3.63, 3.8) is 0 Å². The number of sulfonamides is 1. The Labute approximate surface area is 171 Å². The van der Waals surface area contributed by atoms with Crippen LogP contribution in [0.2, 0.25) is 0 Å². The number of aryl methyl sites for hydroxylation is 1. The Morgan fingerprint density at radius 3 is 2.55 bits per heavy atom. The Bertz CT molecular complexity index is 1080. The van der Waals surface area contributed by atoms with E-state index < -0.39 is 24.6 Å². The minimum atomic E-state index is -3.70. The smallest absolute Gasteiger partial charge is 0.243 e. The molecule has 0 N–H and O–H groups in total.